The summed E-state index contributed by atoms with van der Waals surface area (Å²) in [5, 5.41) is 8.54. The van der Waals surface area contributed by atoms with Crippen molar-refractivity contribution < 1.29 is 13.2 Å². The molecule has 1 amide bonds. The standard InChI is InChI=1S/C19H18ClN5O4S2/c1-11-2-7-14(31(22,28)29)8-15(11)23-18(27)10-30-19-24-17(26)9-16(21)25(19)13-5-3-12(20)4-6-13/h2-9H,10,21H2,1H3,(H,23,27)(H2,22,28,29). The van der Waals surface area contributed by atoms with Crippen LogP contribution in [0, 0.1) is 6.92 Å². The SMILES string of the molecule is Cc1ccc(S(N)(=O)=O)cc1NC(=O)CSc1nc(=O)cc(N)n1-c1ccc(Cl)cc1. The monoisotopic (exact) mass is 479 g/mol. The van der Waals surface area contributed by atoms with Gasteiger partial charge in [0.15, 0.2) is 5.16 Å². The summed E-state index contributed by atoms with van der Waals surface area (Å²) in [6.07, 6.45) is 0. The van der Waals surface area contributed by atoms with Crippen molar-refractivity contribution in [2.75, 3.05) is 16.8 Å². The van der Waals surface area contributed by atoms with Gasteiger partial charge in [0.25, 0.3) is 5.56 Å². The van der Waals surface area contributed by atoms with Gasteiger partial charge in [-0.15, -0.1) is 0 Å². The largest absolute Gasteiger partial charge is 0.385 e. The maximum Gasteiger partial charge on any atom is 0.275 e. The van der Waals surface area contributed by atoms with E-state index in [4.69, 9.17) is 22.5 Å². The second-order valence-corrected chi connectivity index (χ2v) is 9.41. The van der Waals surface area contributed by atoms with Crippen molar-refractivity contribution in [3.63, 3.8) is 0 Å². The number of anilines is 2. The number of carbonyl (C=O) groups is 1. The highest BCUT2D eigenvalue weighted by Gasteiger charge is 2.15. The first kappa shape index (κ1) is 22.8. The van der Waals surface area contributed by atoms with Crippen LogP contribution in [0.4, 0.5) is 11.5 Å². The zero-order valence-corrected chi connectivity index (χ0v) is 18.6. The number of aromatic nitrogens is 2. The second kappa shape index (κ2) is 9.10. The Morgan fingerprint density at radius 2 is 1.87 bits per heavy atom. The lowest BCUT2D eigenvalue weighted by molar-refractivity contribution is -0.113. The number of halogens is 1. The summed E-state index contributed by atoms with van der Waals surface area (Å²) in [6.45, 7) is 1.72. The number of nitrogens with one attached hydrogen (secondary N) is 1. The van der Waals surface area contributed by atoms with E-state index in [1.54, 1.807) is 37.3 Å². The number of carbonyl (C=O) groups excluding carboxylic acids is 1. The Bertz CT molecular complexity index is 1310. The summed E-state index contributed by atoms with van der Waals surface area (Å²) in [4.78, 5) is 28.2. The molecule has 0 bridgehead atoms. The number of amides is 1. The van der Waals surface area contributed by atoms with Crippen LogP contribution in [-0.2, 0) is 14.8 Å². The molecular formula is C19H18ClN5O4S2. The number of hydrogen-bond donors (Lipinski definition) is 3. The molecule has 31 heavy (non-hydrogen) atoms. The number of benzene rings is 2. The van der Waals surface area contributed by atoms with Crippen molar-refractivity contribution in [3.05, 3.63) is 69.5 Å². The number of nitrogen functional groups attached to an aromatic ring is 1. The molecule has 3 aromatic rings. The summed E-state index contributed by atoms with van der Waals surface area (Å²) in [7, 11) is -3.91. The highest BCUT2D eigenvalue weighted by Crippen LogP contribution is 2.24. The van der Waals surface area contributed by atoms with Crippen LogP contribution < -0.4 is 21.7 Å². The molecule has 0 unspecified atom stereocenters. The molecule has 3 rings (SSSR count). The lowest BCUT2D eigenvalue weighted by Gasteiger charge is -2.15. The van der Waals surface area contributed by atoms with Gasteiger partial charge in [0.05, 0.1) is 10.6 Å². The molecular weight excluding hydrogens is 462 g/mol. The Kier molecular flexibility index (Phi) is 6.70. The van der Waals surface area contributed by atoms with Gasteiger partial charge >= 0.3 is 0 Å². The fraction of sp³-hybridized carbons (Fsp3) is 0.105. The Labute approximate surface area is 187 Å². The lowest BCUT2D eigenvalue weighted by atomic mass is 10.2. The third kappa shape index (κ3) is 5.64. The molecule has 0 fully saturated rings. The van der Waals surface area contributed by atoms with Gasteiger partial charge in [-0.3, -0.25) is 14.2 Å². The summed E-state index contributed by atoms with van der Waals surface area (Å²) in [6, 6.07) is 12.1. The number of rotatable bonds is 6. The normalized spacial score (nSPS) is 11.3. The number of nitrogens with zero attached hydrogens (tertiary/aromatic N) is 2. The van der Waals surface area contributed by atoms with E-state index in [0.717, 1.165) is 11.8 Å². The summed E-state index contributed by atoms with van der Waals surface area (Å²) >= 11 is 6.93. The number of aryl methyl sites for hydroxylation is 1. The van der Waals surface area contributed by atoms with E-state index in [2.05, 4.69) is 10.3 Å². The van der Waals surface area contributed by atoms with Crippen LogP contribution in [0.15, 0.2) is 63.4 Å². The van der Waals surface area contributed by atoms with Crippen LogP contribution in [-0.4, -0.2) is 29.6 Å². The molecule has 0 spiro atoms. The maximum absolute atomic E-state index is 12.5. The van der Waals surface area contributed by atoms with Crippen molar-refractivity contribution in [2.24, 2.45) is 5.14 Å². The Balaban J connectivity index is 1.83. The molecule has 0 aliphatic rings. The van der Waals surface area contributed by atoms with Gasteiger partial charge in [0.2, 0.25) is 15.9 Å². The number of primary sulfonamides is 1. The number of nitrogens with two attached hydrogens (primary N) is 2. The first-order valence-corrected chi connectivity index (χ1v) is 11.7. The first-order valence-electron chi connectivity index (χ1n) is 8.76. The van der Waals surface area contributed by atoms with Gasteiger partial charge in [-0.05, 0) is 48.9 Å². The summed E-state index contributed by atoms with van der Waals surface area (Å²) in [5.41, 5.74) is 7.06. The molecule has 12 heteroatoms. The highest BCUT2D eigenvalue weighted by atomic mass is 35.5. The van der Waals surface area contributed by atoms with Crippen LogP contribution in [0.25, 0.3) is 5.69 Å². The van der Waals surface area contributed by atoms with Gasteiger partial charge in [-0.2, -0.15) is 4.98 Å². The van der Waals surface area contributed by atoms with E-state index >= 15 is 0 Å². The zero-order chi connectivity index (χ0) is 22.8. The maximum atomic E-state index is 12.5. The van der Waals surface area contributed by atoms with Gasteiger partial charge < -0.3 is 11.1 Å². The summed E-state index contributed by atoms with van der Waals surface area (Å²) < 4.78 is 24.6. The predicted molar refractivity (Wildman–Crippen MR) is 121 cm³/mol. The van der Waals surface area contributed by atoms with Crippen LogP contribution >= 0.6 is 23.4 Å². The molecule has 0 aliphatic heterocycles. The molecule has 1 aromatic heterocycles. The third-order valence-electron chi connectivity index (χ3n) is 4.16. The van der Waals surface area contributed by atoms with Gasteiger partial charge in [-0.25, -0.2) is 13.6 Å². The molecule has 0 atom stereocenters. The Morgan fingerprint density at radius 1 is 1.19 bits per heavy atom. The molecule has 0 saturated carbocycles. The van der Waals surface area contributed by atoms with Gasteiger partial charge in [0, 0.05) is 22.5 Å². The van der Waals surface area contributed by atoms with Crippen molar-refractivity contribution in [2.45, 2.75) is 17.0 Å². The van der Waals surface area contributed by atoms with Crippen molar-refractivity contribution in [3.8, 4) is 5.69 Å². The molecule has 0 radical (unpaired) electrons. The topological polar surface area (TPSA) is 150 Å². The predicted octanol–water partition coefficient (Wildman–Crippen LogP) is 2.15. The molecule has 1 heterocycles. The van der Waals surface area contributed by atoms with E-state index in [1.165, 1.54) is 22.8 Å². The summed E-state index contributed by atoms with van der Waals surface area (Å²) in [5.74, 6) is -0.386. The fourth-order valence-corrected chi connectivity index (χ4v) is 4.15. The molecule has 0 aliphatic carbocycles. The van der Waals surface area contributed by atoms with E-state index in [1.807, 2.05) is 0 Å². The third-order valence-corrected chi connectivity index (χ3v) is 6.26. The minimum absolute atomic E-state index is 0.109. The van der Waals surface area contributed by atoms with E-state index in [-0.39, 0.29) is 21.6 Å². The van der Waals surface area contributed by atoms with Crippen LogP contribution in [0.5, 0.6) is 0 Å². The minimum Gasteiger partial charge on any atom is -0.385 e. The average Bonchev–Trinajstić information content (AvgIpc) is 2.68. The van der Waals surface area contributed by atoms with Crippen LogP contribution in [0.1, 0.15) is 5.56 Å². The van der Waals surface area contributed by atoms with E-state index < -0.39 is 21.5 Å². The highest BCUT2D eigenvalue weighted by molar-refractivity contribution is 7.99. The smallest absolute Gasteiger partial charge is 0.275 e. The van der Waals surface area contributed by atoms with Crippen LogP contribution in [0.2, 0.25) is 5.02 Å². The molecule has 0 saturated heterocycles. The van der Waals surface area contributed by atoms with Crippen molar-refractivity contribution in [1.29, 1.82) is 0 Å². The number of hydrogen-bond acceptors (Lipinski definition) is 7. The number of thioether (sulfide) groups is 1. The lowest BCUT2D eigenvalue weighted by Crippen LogP contribution is -2.20. The van der Waals surface area contributed by atoms with Gasteiger partial charge in [0.1, 0.15) is 5.82 Å². The van der Waals surface area contributed by atoms with Crippen molar-refractivity contribution >= 4 is 50.8 Å². The van der Waals surface area contributed by atoms with E-state index in [0.29, 0.717) is 22.0 Å². The molecule has 2 aromatic carbocycles. The minimum atomic E-state index is -3.91. The zero-order valence-electron chi connectivity index (χ0n) is 16.2. The quantitative estimate of drug-likeness (QED) is 0.362. The van der Waals surface area contributed by atoms with Crippen molar-refractivity contribution in [1.82, 2.24) is 9.55 Å². The number of sulfonamides is 1. The molecule has 9 nitrogen and oxygen atoms in total. The molecule has 162 valence electrons. The second-order valence-electron chi connectivity index (χ2n) is 6.47. The Morgan fingerprint density at radius 3 is 2.52 bits per heavy atom. The van der Waals surface area contributed by atoms with E-state index in [9.17, 15) is 18.0 Å². The average molecular weight is 480 g/mol. The Hall–Kier alpha value is -2.86. The molecule has 5 N–H and O–H groups in total. The van der Waals surface area contributed by atoms with Crippen LogP contribution in [0.3, 0.4) is 0 Å². The fourth-order valence-electron chi connectivity index (χ4n) is 2.65. The first-order chi connectivity index (χ1) is 14.5. The van der Waals surface area contributed by atoms with Gasteiger partial charge in [-0.1, -0.05) is 29.4 Å².